The molecule has 0 aromatic heterocycles. The number of carbonyl (C=O) groups is 1. The maximum Gasteiger partial charge on any atom is 0.155 e. The van der Waals surface area contributed by atoms with Gasteiger partial charge in [-0.3, -0.25) is 4.79 Å². The second kappa shape index (κ2) is 3.02. The Morgan fingerprint density at radius 1 is 1.67 bits per heavy atom. The van der Waals surface area contributed by atoms with Gasteiger partial charge in [-0.2, -0.15) is 0 Å². The summed E-state index contributed by atoms with van der Waals surface area (Å²) in [5, 5.41) is 9.98. The monoisotopic (exact) mass is 168 g/mol. The van der Waals surface area contributed by atoms with E-state index in [-0.39, 0.29) is 11.7 Å². The van der Waals surface area contributed by atoms with Crippen LogP contribution in [0.1, 0.15) is 33.6 Å². The minimum atomic E-state index is -0.666. The highest BCUT2D eigenvalue weighted by molar-refractivity contribution is 5.93. The average molecular weight is 168 g/mol. The lowest BCUT2D eigenvalue weighted by molar-refractivity contribution is -0.114. The van der Waals surface area contributed by atoms with Crippen LogP contribution in [-0.4, -0.2) is 16.5 Å². The second-order valence-electron chi connectivity index (χ2n) is 3.92. The molecule has 0 aromatic carbocycles. The Labute approximate surface area is 73.3 Å². The van der Waals surface area contributed by atoms with Crippen LogP contribution in [0.4, 0.5) is 0 Å². The smallest absolute Gasteiger partial charge is 0.155 e. The first kappa shape index (κ1) is 9.46. The van der Waals surface area contributed by atoms with Gasteiger partial charge in [0, 0.05) is 6.42 Å². The Morgan fingerprint density at radius 3 is 2.50 bits per heavy atom. The van der Waals surface area contributed by atoms with Crippen molar-refractivity contribution in [3.8, 4) is 0 Å². The predicted molar refractivity (Wildman–Crippen MR) is 47.8 cm³/mol. The molecule has 1 aliphatic rings. The SMILES string of the molecule is CC(=O)C1=CCC(O)(C(C)C)C1. The molecule has 0 amide bonds. The Bertz CT molecular complexity index is 228. The summed E-state index contributed by atoms with van der Waals surface area (Å²) in [6.07, 6.45) is 3.02. The van der Waals surface area contributed by atoms with Crippen LogP contribution in [-0.2, 0) is 4.79 Å². The van der Waals surface area contributed by atoms with Crippen molar-refractivity contribution in [1.82, 2.24) is 0 Å². The van der Waals surface area contributed by atoms with Crippen LogP contribution in [0.15, 0.2) is 11.6 Å². The number of hydrogen-bond donors (Lipinski definition) is 1. The van der Waals surface area contributed by atoms with E-state index in [4.69, 9.17) is 0 Å². The standard InChI is InChI=1S/C10H16O2/c1-7(2)10(12)5-4-9(6-10)8(3)11/h4,7,12H,5-6H2,1-3H3. The maximum atomic E-state index is 11.0. The van der Waals surface area contributed by atoms with Gasteiger partial charge >= 0.3 is 0 Å². The molecule has 1 atom stereocenters. The summed E-state index contributed by atoms with van der Waals surface area (Å²) in [6.45, 7) is 5.52. The van der Waals surface area contributed by atoms with Gasteiger partial charge in [0.1, 0.15) is 0 Å². The van der Waals surface area contributed by atoms with E-state index in [1.807, 2.05) is 19.9 Å². The molecule has 12 heavy (non-hydrogen) atoms. The van der Waals surface area contributed by atoms with E-state index in [9.17, 15) is 9.90 Å². The maximum absolute atomic E-state index is 11.0. The van der Waals surface area contributed by atoms with E-state index in [1.54, 1.807) is 6.92 Å². The molecule has 0 saturated heterocycles. The van der Waals surface area contributed by atoms with E-state index in [1.165, 1.54) is 0 Å². The summed E-state index contributed by atoms with van der Waals surface area (Å²) < 4.78 is 0. The van der Waals surface area contributed by atoms with Gasteiger partial charge in [0.2, 0.25) is 0 Å². The molecule has 0 radical (unpaired) electrons. The summed E-state index contributed by atoms with van der Waals surface area (Å²) in [6, 6.07) is 0. The van der Waals surface area contributed by atoms with Gasteiger partial charge in [0.15, 0.2) is 5.78 Å². The van der Waals surface area contributed by atoms with Gasteiger partial charge in [0.25, 0.3) is 0 Å². The molecule has 0 saturated carbocycles. The third-order valence-corrected chi connectivity index (χ3v) is 2.73. The Balaban J connectivity index is 2.68. The molecule has 0 bridgehead atoms. The Hall–Kier alpha value is -0.630. The lowest BCUT2D eigenvalue weighted by atomic mass is 9.87. The summed E-state index contributed by atoms with van der Waals surface area (Å²) in [7, 11) is 0. The van der Waals surface area contributed by atoms with Crippen LogP contribution < -0.4 is 0 Å². The normalized spacial score (nSPS) is 29.2. The van der Waals surface area contributed by atoms with Crippen LogP contribution in [0, 0.1) is 5.92 Å². The summed E-state index contributed by atoms with van der Waals surface area (Å²) in [5.41, 5.74) is 0.118. The highest BCUT2D eigenvalue weighted by Crippen LogP contribution is 2.35. The van der Waals surface area contributed by atoms with Gasteiger partial charge in [-0.15, -0.1) is 0 Å². The number of rotatable bonds is 2. The topological polar surface area (TPSA) is 37.3 Å². The fourth-order valence-electron chi connectivity index (χ4n) is 1.48. The lowest BCUT2D eigenvalue weighted by Crippen LogP contribution is -2.32. The molecule has 0 aliphatic heterocycles. The minimum Gasteiger partial charge on any atom is -0.389 e. The van der Waals surface area contributed by atoms with Gasteiger partial charge < -0.3 is 5.11 Å². The van der Waals surface area contributed by atoms with Crippen LogP contribution >= 0.6 is 0 Å². The fourth-order valence-corrected chi connectivity index (χ4v) is 1.48. The van der Waals surface area contributed by atoms with Crippen molar-refractivity contribution in [3.05, 3.63) is 11.6 Å². The molecule has 0 spiro atoms. The predicted octanol–water partition coefficient (Wildman–Crippen LogP) is 1.68. The van der Waals surface area contributed by atoms with Crippen LogP contribution in [0.25, 0.3) is 0 Å². The number of aliphatic hydroxyl groups is 1. The van der Waals surface area contributed by atoms with Gasteiger partial charge in [-0.05, 0) is 24.8 Å². The summed E-state index contributed by atoms with van der Waals surface area (Å²) >= 11 is 0. The summed E-state index contributed by atoms with van der Waals surface area (Å²) in [4.78, 5) is 11.0. The fraction of sp³-hybridized carbons (Fsp3) is 0.700. The van der Waals surface area contributed by atoms with E-state index >= 15 is 0 Å². The second-order valence-corrected chi connectivity index (χ2v) is 3.92. The molecule has 1 unspecified atom stereocenters. The van der Waals surface area contributed by atoms with E-state index in [2.05, 4.69) is 0 Å². The van der Waals surface area contributed by atoms with E-state index < -0.39 is 5.60 Å². The molecule has 2 nitrogen and oxygen atoms in total. The first-order valence-electron chi connectivity index (χ1n) is 4.38. The summed E-state index contributed by atoms with van der Waals surface area (Å²) in [5.74, 6) is 0.303. The quantitative estimate of drug-likeness (QED) is 0.681. The van der Waals surface area contributed by atoms with Crippen LogP contribution in [0.3, 0.4) is 0 Å². The third kappa shape index (κ3) is 1.58. The van der Waals surface area contributed by atoms with Crippen molar-refractivity contribution >= 4 is 5.78 Å². The highest BCUT2D eigenvalue weighted by atomic mass is 16.3. The van der Waals surface area contributed by atoms with Crippen molar-refractivity contribution in [2.24, 2.45) is 5.92 Å². The number of ketones is 1. The zero-order valence-electron chi connectivity index (χ0n) is 7.92. The molecule has 0 heterocycles. The number of hydrogen-bond acceptors (Lipinski definition) is 2. The van der Waals surface area contributed by atoms with Crippen molar-refractivity contribution < 1.29 is 9.90 Å². The van der Waals surface area contributed by atoms with Gasteiger partial charge in [-0.25, -0.2) is 0 Å². The van der Waals surface area contributed by atoms with E-state index in [0.29, 0.717) is 12.8 Å². The van der Waals surface area contributed by atoms with Crippen LogP contribution in [0.2, 0.25) is 0 Å². The zero-order valence-corrected chi connectivity index (χ0v) is 7.92. The largest absolute Gasteiger partial charge is 0.389 e. The van der Waals surface area contributed by atoms with Crippen molar-refractivity contribution in [1.29, 1.82) is 0 Å². The molecule has 0 fully saturated rings. The molecule has 2 heteroatoms. The first-order chi connectivity index (χ1) is 5.46. The molecule has 1 N–H and O–H groups in total. The Kier molecular flexibility index (Phi) is 2.38. The van der Waals surface area contributed by atoms with Gasteiger partial charge in [0.05, 0.1) is 5.60 Å². The lowest BCUT2D eigenvalue weighted by Gasteiger charge is -2.27. The first-order valence-corrected chi connectivity index (χ1v) is 4.38. The highest BCUT2D eigenvalue weighted by Gasteiger charge is 2.36. The van der Waals surface area contributed by atoms with Crippen molar-refractivity contribution in [2.45, 2.75) is 39.2 Å². The molecule has 0 aromatic rings. The number of Topliss-reactive ketones (excluding diaryl/α,β-unsaturated/α-hetero) is 1. The molecule has 68 valence electrons. The third-order valence-electron chi connectivity index (χ3n) is 2.73. The minimum absolute atomic E-state index is 0.0894. The molecular formula is C10H16O2. The molecular weight excluding hydrogens is 152 g/mol. The molecule has 1 aliphatic carbocycles. The van der Waals surface area contributed by atoms with Crippen molar-refractivity contribution in [2.75, 3.05) is 0 Å². The average Bonchev–Trinajstić information content (AvgIpc) is 2.33. The van der Waals surface area contributed by atoms with E-state index in [0.717, 1.165) is 5.57 Å². The molecule has 1 rings (SSSR count). The van der Waals surface area contributed by atoms with Crippen molar-refractivity contribution in [3.63, 3.8) is 0 Å². The Morgan fingerprint density at radius 2 is 2.25 bits per heavy atom. The zero-order chi connectivity index (χ0) is 9.35. The number of carbonyl (C=O) groups excluding carboxylic acids is 1. The van der Waals surface area contributed by atoms with Crippen LogP contribution in [0.5, 0.6) is 0 Å². The van der Waals surface area contributed by atoms with Gasteiger partial charge in [-0.1, -0.05) is 19.9 Å².